The zero-order chi connectivity index (χ0) is 17.8. The van der Waals surface area contributed by atoms with Crippen molar-refractivity contribution >= 4 is 11.8 Å². The first-order valence-corrected chi connectivity index (χ1v) is 8.41. The van der Waals surface area contributed by atoms with Crippen molar-refractivity contribution in [1.82, 2.24) is 15.2 Å². The highest BCUT2D eigenvalue weighted by molar-refractivity contribution is 5.96. The first-order valence-electron chi connectivity index (χ1n) is 8.41. The van der Waals surface area contributed by atoms with E-state index in [0.29, 0.717) is 24.2 Å². The van der Waals surface area contributed by atoms with Gasteiger partial charge in [-0.25, -0.2) is 0 Å². The number of carbonyl (C=O) groups excluding carboxylic acids is 2. The molecule has 2 N–H and O–H groups in total. The van der Waals surface area contributed by atoms with Gasteiger partial charge in [-0.2, -0.15) is 0 Å². The number of nitrogens with one attached hydrogen (secondary N) is 1. The summed E-state index contributed by atoms with van der Waals surface area (Å²) in [6, 6.07) is 10.3. The number of likely N-dealkylation sites (tertiary alicyclic amines) is 1. The van der Waals surface area contributed by atoms with Crippen molar-refractivity contribution in [2.75, 3.05) is 13.1 Å². The van der Waals surface area contributed by atoms with Crippen LogP contribution in [0.4, 0.5) is 0 Å². The van der Waals surface area contributed by atoms with Gasteiger partial charge in [0.05, 0.1) is 17.9 Å². The molecule has 25 heavy (non-hydrogen) atoms. The lowest BCUT2D eigenvalue weighted by molar-refractivity contribution is -0.127. The minimum atomic E-state index is -0.197. The van der Waals surface area contributed by atoms with Crippen LogP contribution in [-0.2, 0) is 4.79 Å². The van der Waals surface area contributed by atoms with Crippen LogP contribution in [0.1, 0.15) is 30.1 Å². The van der Waals surface area contributed by atoms with Gasteiger partial charge in [-0.15, -0.1) is 0 Å². The number of nitrogens with zero attached hydrogens (tertiary/aromatic N) is 2. The van der Waals surface area contributed by atoms with E-state index in [1.807, 2.05) is 13.0 Å². The topological polar surface area (TPSA) is 82.5 Å². The Morgan fingerprint density at radius 3 is 2.92 bits per heavy atom. The third kappa shape index (κ3) is 3.96. The molecule has 1 fully saturated rings. The van der Waals surface area contributed by atoms with Crippen LogP contribution in [0.2, 0.25) is 0 Å². The molecule has 1 aromatic heterocycles. The number of rotatable bonds is 5. The van der Waals surface area contributed by atoms with Crippen molar-refractivity contribution in [2.45, 2.75) is 25.8 Å². The van der Waals surface area contributed by atoms with Gasteiger partial charge in [0.1, 0.15) is 5.75 Å². The predicted octanol–water partition coefficient (Wildman–Crippen LogP) is 2.19. The van der Waals surface area contributed by atoms with E-state index in [1.54, 1.807) is 35.2 Å². The maximum absolute atomic E-state index is 12.5. The van der Waals surface area contributed by atoms with Crippen LogP contribution in [-0.4, -0.2) is 45.9 Å². The number of aromatic hydroxyl groups is 1. The lowest BCUT2D eigenvalue weighted by Crippen LogP contribution is -2.37. The third-order valence-electron chi connectivity index (χ3n) is 4.21. The van der Waals surface area contributed by atoms with Gasteiger partial charge < -0.3 is 15.3 Å². The maximum Gasteiger partial charge on any atom is 0.251 e. The SMILES string of the molecule is CCCN1CC(NC(=O)c2cccc(-c3ccc(O)cn3)c2)CC1=O. The molecule has 2 heterocycles. The fourth-order valence-electron chi connectivity index (χ4n) is 3.00. The Kier molecular flexibility index (Phi) is 4.97. The molecule has 1 aliphatic rings. The summed E-state index contributed by atoms with van der Waals surface area (Å²) in [5.41, 5.74) is 1.99. The first kappa shape index (κ1) is 17.0. The summed E-state index contributed by atoms with van der Waals surface area (Å²) in [4.78, 5) is 30.4. The Hall–Kier alpha value is -2.89. The molecular formula is C19H21N3O3. The highest BCUT2D eigenvalue weighted by Gasteiger charge is 2.30. The third-order valence-corrected chi connectivity index (χ3v) is 4.21. The highest BCUT2D eigenvalue weighted by atomic mass is 16.3. The molecule has 0 spiro atoms. The first-order chi connectivity index (χ1) is 12.1. The molecule has 1 saturated heterocycles. The van der Waals surface area contributed by atoms with E-state index in [9.17, 15) is 14.7 Å². The molecule has 1 aliphatic heterocycles. The molecule has 130 valence electrons. The second kappa shape index (κ2) is 7.34. The molecule has 6 heteroatoms. The summed E-state index contributed by atoms with van der Waals surface area (Å²) >= 11 is 0. The van der Waals surface area contributed by atoms with E-state index < -0.39 is 0 Å². The fourth-order valence-corrected chi connectivity index (χ4v) is 3.00. The maximum atomic E-state index is 12.5. The van der Waals surface area contributed by atoms with Gasteiger partial charge in [0.15, 0.2) is 0 Å². The standard InChI is InChI=1S/C19H21N3O3/c1-2-8-22-12-15(10-18(22)24)21-19(25)14-5-3-4-13(9-14)17-7-6-16(23)11-20-17/h3-7,9,11,15,23H,2,8,10,12H2,1H3,(H,21,25). The second-order valence-corrected chi connectivity index (χ2v) is 6.20. The van der Waals surface area contributed by atoms with Crippen LogP contribution < -0.4 is 5.32 Å². The van der Waals surface area contributed by atoms with Gasteiger partial charge in [-0.1, -0.05) is 19.1 Å². The van der Waals surface area contributed by atoms with Crippen molar-refractivity contribution in [2.24, 2.45) is 0 Å². The van der Waals surface area contributed by atoms with Crippen LogP contribution in [0.3, 0.4) is 0 Å². The Bertz CT molecular complexity index is 774. The van der Waals surface area contributed by atoms with Crippen molar-refractivity contribution in [3.8, 4) is 17.0 Å². The second-order valence-electron chi connectivity index (χ2n) is 6.20. The Balaban J connectivity index is 1.70. The molecule has 2 aromatic rings. The summed E-state index contributed by atoms with van der Waals surface area (Å²) in [5, 5.41) is 12.3. The number of benzene rings is 1. The molecule has 0 aliphatic carbocycles. The van der Waals surface area contributed by atoms with Gasteiger partial charge in [0.25, 0.3) is 5.91 Å². The normalized spacial score (nSPS) is 16.9. The molecule has 1 aromatic carbocycles. The molecule has 6 nitrogen and oxygen atoms in total. The Labute approximate surface area is 146 Å². The smallest absolute Gasteiger partial charge is 0.251 e. The quantitative estimate of drug-likeness (QED) is 0.875. The molecular weight excluding hydrogens is 318 g/mol. The molecule has 1 atom stereocenters. The van der Waals surface area contributed by atoms with Crippen LogP contribution >= 0.6 is 0 Å². The fraction of sp³-hybridized carbons (Fsp3) is 0.316. The predicted molar refractivity (Wildman–Crippen MR) is 94.1 cm³/mol. The number of aromatic nitrogens is 1. The van der Waals surface area contributed by atoms with Gasteiger partial charge >= 0.3 is 0 Å². The van der Waals surface area contributed by atoms with Crippen molar-refractivity contribution in [3.05, 3.63) is 48.2 Å². The van der Waals surface area contributed by atoms with Gasteiger partial charge in [0, 0.05) is 30.6 Å². The van der Waals surface area contributed by atoms with Gasteiger partial charge in [-0.3, -0.25) is 14.6 Å². The average molecular weight is 339 g/mol. The molecule has 0 saturated carbocycles. The number of amides is 2. The van der Waals surface area contributed by atoms with E-state index in [1.165, 1.54) is 6.20 Å². The molecule has 2 amide bonds. The van der Waals surface area contributed by atoms with Crippen LogP contribution in [0.5, 0.6) is 5.75 Å². The van der Waals surface area contributed by atoms with Crippen LogP contribution in [0.25, 0.3) is 11.3 Å². The highest BCUT2D eigenvalue weighted by Crippen LogP contribution is 2.20. The number of hydrogen-bond acceptors (Lipinski definition) is 4. The lowest BCUT2D eigenvalue weighted by Gasteiger charge is -2.16. The Morgan fingerprint density at radius 1 is 1.36 bits per heavy atom. The monoisotopic (exact) mass is 339 g/mol. The van der Waals surface area contributed by atoms with Crippen LogP contribution in [0, 0.1) is 0 Å². The zero-order valence-electron chi connectivity index (χ0n) is 14.1. The van der Waals surface area contributed by atoms with Gasteiger partial charge in [-0.05, 0) is 30.7 Å². The number of pyridine rings is 1. The molecule has 1 unspecified atom stereocenters. The summed E-state index contributed by atoms with van der Waals surface area (Å²) in [7, 11) is 0. The lowest BCUT2D eigenvalue weighted by atomic mass is 10.1. The summed E-state index contributed by atoms with van der Waals surface area (Å²) in [6.45, 7) is 3.33. The zero-order valence-corrected chi connectivity index (χ0v) is 14.1. The van der Waals surface area contributed by atoms with E-state index in [-0.39, 0.29) is 23.6 Å². The molecule has 3 rings (SSSR count). The number of carbonyl (C=O) groups is 2. The Morgan fingerprint density at radius 2 is 2.20 bits per heavy atom. The summed E-state index contributed by atoms with van der Waals surface area (Å²) < 4.78 is 0. The van der Waals surface area contributed by atoms with E-state index in [2.05, 4.69) is 10.3 Å². The summed E-state index contributed by atoms with van der Waals surface area (Å²) in [5.74, 6) is -0.00819. The van der Waals surface area contributed by atoms with E-state index >= 15 is 0 Å². The average Bonchev–Trinajstić information content (AvgIpc) is 2.95. The largest absolute Gasteiger partial charge is 0.506 e. The summed E-state index contributed by atoms with van der Waals surface area (Å²) in [6.07, 6.45) is 2.63. The molecule has 0 bridgehead atoms. The minimum absolute atomic E-state index is 0.0918. The van der Waals surface area contributed by atoms with E-state index in [0.717, 1.165) is 18.5 Å². The van der Waals surface area contributed by atoms with E-state index in [4.69, 9.17) is 0 Å². The number of hydrogen-bond donors (Lipinski definition) is 2. The van der Waals surface area contributed by atoms with Crippen molar-refractivity contribution in [1.29, 1.82) is 0 Å². The van der Waals surface area contributed by atoms with Crippen molar-refractivity contribution in [3.63, 3.8) is 0 Å². The van der Waals surface area contributed by atoms with Crippen LogP contribution in [0.15, 0.2) is 42.6 Å². The molecule has 0 radical (unpaired) electrons. The van der Waals surface area contributed by atoms with Crippen molar-refractivity contribution < 1.29 is 14.7 Å². The minimum Gasteiger partial charge on any atom is -0.506 e. The van der Waals surface area contributed by atoms with Gasteiger partial charge in [0.2, 0.25) is 5.91 Å².